The molecule has 0 radical (unpaired) electrons. The van der Waals surface area contributed by atoms with E-state index < -0.39 is 46.6 Å². The highest BCUT2D eigenvalue weighted by Gasteiger charge is 2.58. The SMILES string of the molecule is CC(C)(O)c1ccc(N2CCN(c3ccc(-c4ccc(C(F)(F)C(O)(Cn5cnnn5)c5ccc(F)cc5F)nc4)cc3)CC2)cc1. The molecule has 3 aromatic carbocycles. The van der Waals surface area contributed by atoms with Gasteiger partial charge in [0.2, 0.25) is 0 Å². The van der Waals surface area contributed by atoms with Crippen LogP contribution < -0.4 is 9.80 Å². The summed E-state index contributed by atoms with van der Waals surface area (Å²) in [6, 6.07) is 20.2. The number of hydrogen-bond donors (Lipinski definition) is 2. The summed E-state index contributed by atoms with van der Waals surface area (Å²) in [5.41, 5.74) is -1.44. The van der Waals surface area contributed by atoms with Gasteiger partial charge >= 0.3 is 5.92 Å². The number of piperazine rings is 1. The average Bonchev–Trinajstić information content (AvgIpc) is 3.57. The number of rotatable bonds is 9. The molecule has 0 aliphatic carbocycles. The summed E-state index contributed by atoms with van der Waals surface area (Å²) in [5, 5.41) is 31.9. The molecular weight excluding hydrogens is 614 g/mol. The number of aromatic nitrogens is 5. The van der Waals surface area contributed by atoms with Gasteiger partial charge < -0.3 is 20.0 Å². The first-order chi connectivity index (χ1) is 22.3. The molecule has 9 nitrogen and oxygen atoms in total. The van der Waals surface area contributed by atoms with Gasteiger partial charge in [-0.15, -0.1) is 5.10 Å². The number of alkyl halides is 2. The van der Waals surface area contributed by atoms with Crippen LogP contribution in [0.25, 0.3) is 11.1 Å². The molecule has 0 bridgehead atoms. The molecule has 2 aromatic heterocycles. The van der Waals surface area contributed by atoms with Gasteiger partial charge in [0, 0.05) is 60.9 Å². The Kier molecular flexibility index (Phi) is 8.45. The second kappa shape index (κ2) is 12.4. The molecule has 5 aromatic rings. The van der Waals surface area contributed by atoms with Crippen LogP contribution in [-0.2, 0) is 23.7 Å². The molecule has 1 aliphatic rings. The Morgan fingerprint density at radius 3 is 1.87 bits per heavy atom. The highest BCUT2D eigenvalue weighted by Crippen LogP contribution is 2.47. The Labute approximate surface area is 268 Å². The van der Waals surface area contributed by atoms with Crippen molar-refractivity contribution in [2.24, 2.45) is 0 Å². The van der Waals surface area contributed by atoms with Crippen molar-refractivity contribution in [3.63, 3.8) is 0 Å². The molecule has 1 fully saturated rings. The van der Waals surface area contributed by atoms with Gasteiger partial charge in [0.05, 0.1) is 12.1 Å². The Hall–Kier alpha value is -4.88. The van der Waals surface area contributed by atoms with Gasteiger partial charge in [0.15, 0.2) is 5.60 Å². The topological polar surface area (TPSA) is 103 Å². The van der Waals surface area contributed by atoms with Gasteiger partial charge in [-0.05, 0) is 77.9 Å². The predicted octanol–water partition coefficient (Wildman–Crippen LogP) is 5.25. The van der Waals surface area contributed by atoms with Crippen molar-refractivity contribution >= 4 is 11.4 Å². The Morgan fingerprint density at radius 2 is 1.36 bits per heavy atom. The third-order valence-electron chi connectivity index (χ3n) is 8.55. The minimum absolute atomic E-state index is 0.425. The lowest BCUT2D eigenvalue weighted by atomic mass is 9.84. The van der Waals surface area contributed by atoms with Crippen LogP contribution in [-0.4, -0.2) is 61.6 Å². The van der Waals surface area contributed by atoms with E-state index in [2.05, 4.69) is 30.3 Å². The Balaban J connectivity index is 1.16. The highest BCUT2D eigenvalue weighted by atomic mass is 19.3. The second-order valence-corrected chi connectivity index (χ2v) is 12.1. The van der Waals surface area contributed by atoms with E-state index in [-0.39, 0.29) is 0 Å². The minimum Gasteiger partial charge on any atom is -0.386 e. The quantitative estimate of drug-likeness (QED) is 0.209. The first kappa shape index (κ1) is 32.1. The van der Waals surface area contributed by atoms with Gasteiger partial charge in [-0.25, -0.2) is 13.5 Å². The van der Waals surface area contributed by atoms with Crippen molar-refractivity contribution in [1.29, 1.82) is 0 Å². The van der Waals surface area contributed by atoms with E-state index in [0.29, 0.717) is 11.6 Å². The molecule has 1 saturated heterocycles. The van der Waals surface area contributed by atoms with Crippen LogP contribution in [0.3, 0.4) is 0 Å². The van der Waals surface area contributed by atoms with Crippen LogP contribution >= 0.6 is 0 Å². The summed E-state index contributed by atoms with van der Waals surface area (Å²) in [7, 11) is 0. The molecule has 0 saturated carbocycles. The summed E-state index contributed by atoms with van der Waals surface area (Å²) in [6.45, 7) is 5.86. The van der Waals surface area contributed by atoms with Gasteiger partial charge in [0.25, 0.3) is 0 Å². The maximum absolute atomic E-state index is 16.1. The van der Waals surface area contributed by atoms with Crippen LogP contribution in [0.15, 0.2) is 91.4 Å². The number of hydrogen-bond acceptors (Lipinski definition) is 8. The van der Waals surface area contributed by atoms with Crippen molar-refractivity contribution in [3.8, 4) is 11.1 Å². The van der Waals surface area contributed by atoms with Gasteiger partial charge in [0.1, 0.15) is 23.7 Å². The number of pyridine rings is 1. The average molecular weight is 648 g/mol. The molecule has 3 heterocycles. The van der Waals surface area contributed by atoms with Crippen molar-refractivity contribution in [3.05, 3.63) is 120 Å². The lowest BCUT2D eigenvalue weighted by Crippen LogP contribution is -2.48. The van der Waals surface area contributed by atoms with Crippen molar-refractivity contribution < 1.29 is 27.8 Å². The fraction of sp³-hybridized carbons (Fsp3) is 0.294. The number of benzene rings is 3. The van der Waals surface area contributed by atoms with E-state index in [1.165, 1.54) is 12.3 Å². The zero-order valence-electron chi connectivity index (χ0n) is 25.7. The van der Waals surface area contributed by atoms with E-state index in [9.17, 15) is 19.0 Å². The summed E-state index contributed by atoms with van der Waals surface area (Å²) >= 11 is 0. The molecule has 1 aliphatic heterocycles. The largest absolute Gasteiger partial charge is 0.386 e. The third-order valence-corrected chi connectivity index (χ3v) is 8.55. The van der Waals surface area contributed by atoms with Crippen LogP contribution in [0, 0.1) is 11.6 Å². The first-order valence-electron chi connectivity index (χ1n) is 15.0. The molecule has 244 valence electrons. The highest BCUT2D eigenvalue weighted by molar-refractivity contribution is 5.66. The molecular formula is C34H33F4N7O2. The number of aliphatic hydroxyl groups is 2. The Morgan fingerprint density at radius 1 is 0.766 bits per heavy atom. The van der Waals surface area contributed by atoms with E-state index >= 15 is 8.78 Å². The summed E-state index contributed by atoms with van der Waals surface area (Å²) in [6.07, 6.45) is 2.26. The van der Waals surface area contributed by atoms with E-state index in [1.54, 1.807) is 13.8 Å². The summed E-state index contributed by atoms with van der Waals surface area (Å²) < 4.78 is 61.4. The zero-order chi connectivity index (χ0) is 33.4. The number of tetrazole rings is 1. The van der Waals surface area contributed by atoms with Gasteiger partial charge in [-0.2, -0.15) is 8.78 Å². The fourth-order valence-electron chi connectivity index (χ4n) is 5.80. The van der Waals surface area contributed by atoms with Crippen LogP contribution in [0.2, 0.25) is 0 Å². The standard InChI is InChI=1S/C34H33F4N7O2/c1-32(2,46)25-6-11-28(12-7-25)44-17-15-43(16-18-44)27-9-3-23(4-10-27)24-5-14-31(39-20-24)34(37,38)33(47,21-45-22-40-41-42-45)29-13-8-26(35)19-30(29)36/h3-14,19-20,22,46-47H,15-18,21H2,1-2H3. The third kappa shape index (κ3) is 6.41. The molecule has 2 N–H and O–H groups in total. The predicted molar refractivity (Wildman–Crippen MR) is 168 cm³/mol. The fourth-order valence-corrected chi connectivity index (χ4v) is 5.80. The minimum atomic E-state index is -4.14. The molecule has 1 unspecified atom stereocenters. The number of nitrogens with zero attached hydrogens (tertiary/aromatic N) is 7. The van der Waals surface area contributed by atoms with E-state index in [4.69, 9.17) is 0 Å². The second-order valence-electron chi connectivity index (χ2n) is 12.1. The zero-order valence-corrected chi connectivity index (χ0v) is 25.7. The monoisotopic (exact) mass is 647 g/mol. The van der Waals surface area contributed by atoms with Crippen molar-refractivity contribution in [2.45, 2.75) is 37.5 Å². The molecule has 0 spiro atoms. The van der Waals surface area contributed by atoms with E-state index in [1.807, 2.05) is 48.5 Å². The van der Waals surface area contributed by atoms with Crippen LogP contribution in [0.4, 0.5) is 28.9 Å². The molecule has 47 heavy (non-hydrogen) atoms. The lowest BCUT2D eigenvalue weighted by Gasteiger charge is -2.37. The van der Waals surface area contributed by atoms with E-state index in [0.717, 1.165) is 77.9 Å². The van der Waals surface area contributed by atoms with Crippen molar-refractivity contribution in [2.75, 3.05) is 36.0 Å². The molecule has 13 heteroatoms. The maximum atomic E-state index is 16.1. The maximum Gasteiger partial charge on any atom is 0.323 e. The number of anilines is 2. The molecule has 6 rings (SSSR count). The normalized spacial score (nSPS) is 15.5. The van der Waals surface area contributed by atoms with Gasteiger partial charge in [-0.3, -0.25) is 4.98 Å². The Bertz CT molecular complexity index is 1810. The van der Waals surface area contributed by atoms with Crippen LogP contribution in [0.5, 0.6) is 0 Å². The van der Waals surface area contributed by atoms with Crippen LogP contribution in [0.1, 0.15) is 30.7 Å². The first-order valence-corrected chi connectivity index (χ1v) is 15.0. The van der Waals surface area contributed by atoms with Crippen molar-refractivity contribution in [1.82, 2.24) is 25.2 Å². The molecule has 0 amide bonds. The van der Waals surface area contributed by atoms with Gasteiger partial charge in [-0.1, -0.05) is 30.3 Å². The summed E-state index contributed by atoms with van der Waals surface area (Å²) in [4.78, 5) is 8.54. The lowest BCUT2D eigenvalue weighted by molar-refractivity contribution is -0.207. The summed E-state index contributed by atoms with van der Waals surface area (Å²) in [5.74, 6) is -6.47. The smallest absolute Gasteiger partial charge is 0.323 e. The number of halogens is 4. The molecule has 1 atom stereocenters.